The maximum atomic E-state index is 12.9. The first-order valence-corrected chi connectivity index (χ1v) is 10.8. The number of benzene rings is 1. The zero-order chi connectivity index (χ0) is 20.0. The molecule has 5 rings (SSSR count). The SMILES string of the molecule is O=C1CCC(N2Cc3ccc(CNCC4CCC5CNCC45)cc3C2=O)C(=O)N1. The molecule has 3 fully saturated rings. The monoisotopic (exact) mass is 396 g/mol. The average molecular weight is 396 g/mol. The highest BCUT2D eigenvalue weighted by molar-refractivity contribution is 6.05. The molecule has 4 unspecified atom stereocenters. The molecule has 29 heavy (non-hydrogen) atoms. The van der Waals surface area contributed by atoms with Gasteiger partial charge in [-0.2, -0.15) is 0 Å². The Labute approximate surface area is 170 Å². The number of fused-ring (bicyclic) bond motifs is 2. The van der Waals surface area contributed by atoms with E-state index in [0.29, 0.717) is 18.5 Å². The molecule has 1 aromatic rings. The molecule has 0 spiro atoms. The maximum Gasteiger partial charge on any atom is 0.255 e. The second-order valence-corrected chi connectivity index (χ2v) is 8.94. The lowest BCUT2D eigenvalue weighted by Gasteiger charge is -2.29. The van der Waals surface area contributed by atoms with Crippen LogP contribution in [0.15, 0.2) is 18.2 Å². The van der Waals surface area contributed by atoms with Gasteiger partial charge in [0.1, 0.15) is 6.04 Å². The third kappa shape index (κ3) is 3.46. The molecule has 1 aliphatic carbocycles. The van der Waals surface area contributed by atoms with Gasteiger partial charge in [-0.1, -0.05) is 12.1 Å². The molecule has 0 aromatic heterocycles. The van der Waals surface area contributed by atoms with Crippen LogP contribution in [0, 0.1) is 17.8 Å². The highest BCUT2D eigenvalue weighted by Gasteiger charge is 2.40. The third-order valence-electron chi connectivity index (χ3n) is 7.23. The molecule has 1 saturated carbocycles. The molecule has 3 amide bonds. The number of nitrogens with zero attached hydrogens (tertiary/aromatic N) is 1. The summed E-state index contributed by atoms with van der Waals surface area (Å²) in [6.45, 7) is 4.54. The summed E-state index contributed by atoms with van der Waals surface area (Å²) in [5.74, 6) is 1.69. The summed E-state index contributed by atoms with van der Waals surface area (Å²) in [7, 11) is 0. The van der Waals surface area contributed by atoms with Crippen LogP contribution in [-0.4, -0.2) is 48.3 Å². The van der Waals surface area contributed by atoms with E-state index in [9.17, 15) is 14.4 Å². The summed E-state index contributed by atoms with van der Waals surface area (Å²) < 4.78 is 0. The Morgan fingerprint density at radius 3 is 2.86 bits per heavy atom. The Balaban J connectivity index is 1.20. The minimum atomic E-state index is -0.551. The van der Waals surface area contributed by atoms with Crippen LogP contribution in [0.4, 0.5) is 0 Å². The van der Waals surface area contributed by atoms with Crippen molar-refractivity contribution in [1.29, 1.82) is 0 Å². The molecule has 3 N–H and O–H groups in total. The van der Waals surface area contributed by atoms with E-state index in [-0.39, 0.29) is 24.1 Å². The predicted molar refractivity (Wildman–Crippen MR) is 107 cm³/mol. The van der Waals surface area contributed by atoms with Crippen molar-refractivity contribution >= 4 is 17.7 Å². The first-order valence-electron chi connectivity index (χ1n) is 10.8. The van der Waals surface area contributed by atoms with Crippen molar-refractivity contribution in [2.24, 2.45) is 17.8 Å². The van der Waals surface area contributed by atoms with Crippen LogP contribution in [-0.2, 0) is 22.7 Å². The highest BCUT2D eigenvalue weighted by Crippen LogP contribution is 2.38. The van der Waals surface area contributed by atoms with Crippen molar-refractivity contribution in [3.8, 4) is 0 Å². The van der Waals surface area contributed by atoms with Gasteiger partial charge in [-0.25, -0.2) is 0 Å². The topological polar surface area (TPSA) is 90.5 Å². The standard InChI is InChI=1S/C22H28N4O3/c27-20-6-5-19(21(28)25-20)26-12-16-2-1-13(7-17(16)22(26)29)8-23-9-14-3-4-15-10-24-11-18(14)15/h1-2,7,14-15,18-19,23-24H,3-6,8-12H2,(H,25,27,28). The van der Waals surface area contributed by atoms with Gasteiger partial charge in [0.25, 0.3) is 5.91 Å². The highest BCUT2D eigenvalue weighted by atomic mass is 16.2. The number of nitrogens with one attached hydrogen (secondary N) is 3. The zero-order valence-corrected chi connectivity index (χ0v) is 16.6. The van der Waals surface area contributed by atoms with Gasteiger partial charge in [0, 0.05) is 25.1 Å². The fourth-order valence-corrected chi connectivity index (χ4v) is 5.63. The lowest BCUT2D eigenvalue weighted by molar-refractivity contribution is -0.136. The minimum Gasteiger partial charge on any atom is -0.322 e. The quantitative estimate of drug-likeness (QED) is 0.640. The van der Waals surface area contributed by atoms with Gasteiger partial charge in [0.2, 0.25) is 11.8 Å². The van der Waals surface area contributed by atoms with Crippen molar-refractivity contribution in [2.45, 2.75) is 44.8 Å². The summed E-state index contributed by atoms with van der Waals surface area (Å²) >= 11 is 0. The number of hydrogen-bond donors (Lipinski definition) is 3. The molecule has 3 heterocycles. The number of carbonyl (C=O) groups is 3. The fraction of sp³-hybridized carbons (Fsp3) is 0.591. The van der Waals surface area contributed by atoms with Crippen LogP contribution >= 0.6 is 0 Å². The van der Waals surface area contributed by atoms with Gasteiger partial charge < -0.3 is 15.5 Å². The number of piperidine rings is 1. The molecule has 3 aliphatic heterocycles. The molecule has 0 bridgehead atoms. The number of carbonyl (C=O) groups excluding carboxylic acids is 3. The molecule has 1 aromatic carbocycles. The van der Waals surface area contributed by atoms with E-state index >= 15 is 0 Å². The van der Waals surface area contributed by atoms with E-state index in [4.69, 9.17) is 0 Å². The summed E-state index contributed by atoms with van der Waals surface area (Å²) in [4.78, 5) is 38.1. The molecule has 154 valence electrons. The van der Waals surface area contributed by atoms with Crippen LogP contribution in [0.25, 0.3) is 0 Å². The number of hydrogen-bond acceptors (Lipinski definition) is 5. The summed E-state index contributed by atoms with van der Waals surface area (Å²) in [5, 5.41) is 9.46. The molecule has 2 saturated heterocycles. The first-order chi connectivity index (χ1) is 14.1. The largest absolute Gasteiger partial charge is 0.322 e. The van der Waals surface area contributed by atoms with Crippen LogP contribution in [0.5, 0.6) is 0 Å². The van der Waals surface area contributed by atoms with E-state index in [1.165, 1.54) is 19.4 Å². The lowest BCUT2D eigenvalue weighted by Crippen LogP contribution is -2.52. The molecule has 4 aliphatic rings. The minimum absolute atomic E-state index is 0.105. The van der Waals surface area contributed by atoms with E-state index in [2.05, 4.69) is 22.0 Å². The number of rotatable bonds is 5. The number of imide groups is 1. The summed E-state index contributed by atoms with van der Waals surface area (Å²) in [5.41, 5.74) is 2.75. The van der Waals surface area contributed by atoms with Gasteiger partial charge in [0.05, 0.1) is 0 Å². The summed E-state index contributed by atoms with van der Waals surface area (Å²) in [6, 6.07) is 5.49. The Morgan fingerprint density at radius 1 is 1.10 bits per heavy atom. The Morgan fingerprint density at radius 2 is 2.00 bits per heavy atom. The number of amides is 3. The van der Waals surface area contributed by atoms with E-state index in [0.717, 1.165) is 48.5 Å². The van der Waals surface area contributed by atoms with Gasteiger partial charge in [-0.05, 0) is 73.8 Å². The van der Waals surface area contributed by atoms with Crippen molar-refractivity contribution < 1.29 is 14.4 Å². The molecule has 7 nitrogen and oxygen atoms in total. The van der Waals surface area contributed by atoms with Gasteiger partial charge in [-0.15, -0.1) is 0 Å². The molecular formula is C22H28N4O3. The fourth-order valence-electron chi connectivity index (χ4n) is 5.63. The zero-order valence-electron chi connectivity index (χ0n) is 16.6. The van der Waals surface area contributed by atoms with Crippen LogP contribution in [0.2, 0.25) is 0 Å². The van der Waals surface area contributed by atoms with E-state index in [1.54, 1.807) is 4.90 Å². The van der Waals surface area contributed by atoms with Gasteiger partial charge in [0.15, 0.2) is 0 Å². The second-order valence-electron chi connectivity index (χ2n) is 8.94. The van der Waals surface area contributed by atoms with Crippen molar-refractivity contribution in [3.63, 3.8) is 0 Å². The predicted octanol–water partition coefficient (Wildman–Crippen LogP) is 0.783. The van der Waals surface area contributed by atoms with E-state index < -0.39 is 6.04 Å². The first kappa shape index (κ1) is 18.8. The smallest absolute Gasteiger partial charge is 0.255 e. The Kier molecular flexibility index (Phi) is 4.87. The van der Waals surface area contributed by atoms with E-state index in [1.807, 2.05) is 12.1 Å². The average Bonchev–Trinajstić information content (AvgIpc) is 3.39. The van der Waals surface area contributed by atoms with Crippen LogP contribution in [0.1, 0.15) is 47.2 Å². The van der Waals surface area contributed by atoms with Crippen molar-refractivity contribution in [3.05, 3.63) is 34.9 Å². The second kappa shape index (κ2) is 7.54. The lowest BCUT2D eigenvalue weighted by atomic mass is 9.92. The van der Waals surface area contributed by atoms with Gasteiger partial charge >= 0.3 is 0 Å². The maximum absolute atomic E-state index is 12.9. The van der Waals surface area contributed by atoms with Crippen molar-refractivity contribution in [2.75, 3.05) is 19.6 Å². The summed E-state index contributed by atoms with van der Waals surface area (Å²) in [6.07, 6.45) is 3.34. The van der Waals surface area contributed by atoms with Crippen LogP contribution < -0.4 is 16.0 Å². The molecule has 4 atom stereocenters. The molecular weight excluding hydrogens is 368 g/mol. The van der Waals surface area contributed by atoms with Crippen molar-refractivity contribution in [1.82, 2.24) is 20.9 Å². The Bertz CT molecular complexity index is 854. The van der Waals surface area contributed by atoms with Crippen LogP contribution in [0.3, 0.4) is 0 Å². The molecule has 7 heteroatoms. The normalized spacial score (nSPS) is 31.2. The van der Waals surface area contributed by atoms with Gasteiger partial charge in [-0.3, -0.25) is 19.7 Å². The molecule has 0 radical (unpaired) electrons. The Hall–Kier alpha value is -2.25. The third-order valence-corrected chi connectivity index (χ3v) is 7.23.